The Morgan fingerprint density at radius 1 is 0.967 bits per heavy atom. The Hall–Kier alpha value is -3.10. The molecule has 0 aliphatic heterocycles. The summed E-state index contributed by atoms with van der Waals surface area (Å²) in [6, 6.07) is 17.4. The molecular weight excluding hydrogens is 410 g/mol. The van der Waals surface area contributed by atoms with Crippen LogP contribution in [0.25, 0.3) is 0 Å². The lowest BCUT2D eigenvalue weighted by atomic mass is 10.1. The van der Waals surface area contributed by atoms with Crippen molar-refractivity contribution in [1.29, 1.82) is 0 Å². The molecule has 156 valence electrons. The summed E-state index contributed by atoms with van der Waals surface area (Å²) >= 11 is 0. The van der Waals surface area contributed by atoms with E-state index < -0.39 is 27.6 Å². The molecule has 0 bridgehead atoms. The van der Waals surface area contributed by atoms with E-state index in [2.05, 4.69) is 5.32 Å². The number of benzene rings is 3. The average Bonchev–Trinajstić information content (AvgIpc) is 2.75. The van der Waals surface area contributed by atoms with Gasteiger partial charge in [0.25, 0.3) is 5.91 Å². The number of halogens is 2. The first-order valence-electron chi connectivity index (χ1n) is 9.22. The summed E-state index contributed by atoms with van der Waals surface area (Å²) in [4.78, 5) is 12.5. The predicted molar refractivity (Wildman–Crippen MR) is 110 cm³/mol. The van der Waals surface area contributed by atoms with E-state index in [9.17, 15) is 22.0 Å². The number of hydrogen-bond acceptors (Lipinski definition) is 3. The second-order valence-electron chi connectivity index (χ2n) is 6.52. The number of rotatable bonds is 7. The lowest BCUT2D eigenvalue weighted by Crippen LogP contribution is -2.30. The summed E-state index contributed by atoms with van der Waals surface area (Å²) in [7, 11) is -3.64. The predicted octanol–water partition coefficient (Wildman–Crippen LogP) is 4.43. The topological polar surface area (TPSA) is 66.5 Å². The van der Waals surface area contributed by atoms with Crippen LogP contribution in [0.2, 0.25) is 0 Å². The van der Waals surface area contributed by atoms with Gasteiger partial charge in [0.15, 0.2) is 0 Å². The third kappa shape index (κ3) is 4.90. The van der Waals surface area contributed by atoms with Crippen molar-refractivity contribution in [3.05, 3.63) is 95.6 Å². The molecule has 1 amide bonds. The Morgan fingerprint density at radius 3 is 2.23 bits per heavy atom. The zero-order valence-electron chi connectivity index (χ0n) is 16.2. The van der Waals surface area contributed by atoms with Gasteiger partial charge in [-0.3, -0.25) is 4.79 Å². The van der Waals surface area contributed by atoms with Crippen molar-refractivity contribution >= 4 is 21.6 Å². The molecule has 0 saturated carbocycles. The van der Waals surface area contributed by atoms with Crippen LogP contribution in [0.1, 0.15) is 22.8 Å². The maximum atomic E-state index is 13.7. The number of nitrogens with zero attached hydrogens (tertiary/aromatic N) is 1. The fourth-order valence-electron chi connectivity index (χ4n) is 2.86. The normalized spacial score (nSPS) is 11.5. The first-order chi connectivity index (χ1) is 14.3. The Labute approximate surface area is 174 Å². The van der Waals surface area contributed by atoms with Crippen LogP contribution in [0, 0.1) is 11.6 Å². The number of nitrogens with one attached hydrogen (secondary N) is 1. The van der Waals surface area contributed by atoms with Gasteiger partial charge in [-0.1, -0.05) is 37.3 Å². The highest BCUT2D eigenvalue weighted by Crippen LogP contribution is 2.19. The molecule has 0 unspecified atom stereocenters. The molecule has 0 fully saturated rings. The van der Waals surface area contributed by atoms with Crippen LogP contribution in [0.15, 0.2) is 77.7 Å². The summed E-state index contributed by atoms with van der Waals surface area (Å²) < 4.78 is 53.6. The first-order valence-corrected chi connectivity index (χ1v) is 10.7. The molecule has 0 saturated heterocycles. The molecule has 0 heterocycles. The Bertz CT molecular complexity index is 1130. The molecule has 0 aliphatic rings. The maximum Gasteiger partial charge on any atom is 0.255 e. The van der Waals surface area contributed by atoms with Crippen molar-refractivity contribution in [2.45, 2.75) is 18.4 Å². The van der Waals surface area contributed by atoms with Crippen LogP contribution < -0.4 is 5.32 Å². The zero-order valence-corrected chi connectivity index (χ0v) is 17.0. The number of amides is 1. The molecule has 0 aliphatic carbocycles. The van der Waals surface area contributed by atoms with Gasteiger partial charge in [-0.15, -0.1) is 0 Å². The first kappa shape index (κ1) is 21.6. The molecule has 0 atom stereocenters. The van der Waals surface area contributed by atoms with E-state index in [4.69, 9.17) is 0 Å². The maximum absolute atomic E-state index is 13.7. The molecule has 3 rings (SSSR count). The highest BCUT2D eigenvalue weighted by Gasteiger charge is 2.23. The number of sulfonamides is 1. The molecule has 0 aromatic heterocycles. The van der Waals surface area contributed by atoms with Gasteiger partial charge in [0, 0.05) is 24.7 Å². The molecule has 5 nitrogen and oxygen atoms in total. The monoisotopic (exact) mass is 430 g/mol. The molecule has 3 aromatic rings. The van der Waals surface area contributed by atoms with Gasteiger partial charge < -0.3 is 5.32 Å². The highest BCUT2D eigenvalue weighted by atomic mass is 32.2. The molecule has 0 radical (unpaired) electrons. The zero-order chi connectivity index (χ0) is 21.7. The van der Waals surface area contributed by atoms with E-state index in [0.29, 0.717) is 11.6 Å². The second kappa shape index (κ2) is 9.15. The highest BCUT2D eigenvalue weighted by molar-refractivity contribution is 7.89. The van der Waals surface area contributed by atoms with Crippen molar-refractivity contribution in [2.75, 3.05) is 11.9 Å². The Kier molecular flexibility index (Phi) is 6.59. The van der Waals surface area contributed by atoms with Crippen molar-refractivity contribution in [1.82, 2.24) is 4.31 Å². The third-order valence-corrected chi connectivity index (χ3v) is 6.42. The Balaban J connectivity index is 1.72. The molecule has 0 spiro atoms. The number of anilines is 1. The lowest BCUT2D eigenvalue weighted by molar-refractivity contribution is 0.102. The van der Waals surface area contributed by atoms with Crippen LogP contribution >= 0.6 is 0 Å². The minimum atomic E-state index is -3.64. The minimum Gasteiger partial charge on any atom is -0.319 e. The van der Waals surface area contributed by atoms with Crippen molar-refractivity contribution < 1.29 is 22.0 Å². The van der Waals surface area contributed by atoms with E-state index in [0.717, 1.165) is 12.1 Å². The van der Waals surface area contributed by atoms with Gasteiger partial charge in [-0.05, 0) is 42.0 Å². The average molecular weight is 430 g/mol. The van der Waals surface area contributed by atoms with E-state index in [1.165, 1.54) is 16.4 Å². The molecule has 30 heavy (non-hydrogen) atoms. The second-order valence-corrected chi connectivity index (χ2v) is 8.46. The molecule has 1 N–H and O–H groups in total. The summed E-state index contributed by atoms with van der Waals surface area (Å²) in [5, 5.41) is 2.38. The van der Waals surface area contributed by atoms with Crippen LogP contribution in [-0.4, -0.2) is 25.2 Å². The fraction of sp³-hybridized carbons (Fsp3) is 0.136. The van der Waals surface area contributed by atoms with Crippen molar-refractivity contribution in [3.63, 3.8) is 0 Å². The van der Waals surface area contributed by atoms with Crippen LogP contribution in [0.3, 0.4) is 0 Å². The largest absolute Gasteiger partial charge is 0.319 e. The standard InChI is InChI=1S/C22H20F2N2O3S/c1-2-26(30(28,29)19-6-4-3-5-7-19)15-16-8-10-17(11-9-16)22(27)25-21-13-12-18(23)14-20(21)24/h3-14H,2,15H2,1H3,(H,25,27). The van der Waals surface area contributed by atoms with Crippen LogP contribution in [0.4, 0.5) is 14.5 Å². The smallest absolute Gasteiger partial charge is 0.255 e. The number of carbonyl (C=O) groups is 1. The summed E-state index contributed by atoms with van der Waals surface area (Å²) in [5.41, 5.74) is 0.828. The van der Waals surface area contributed by atoms with Crippen LogP contribution in [-0.2, 0) is 16.6 Å². The molecule has 3 aromatic carbocycles. The van der Waals surface area contributed by atoms with E-state index in [-0.39, 0.29) is 29.2 Å². The van der Waals surface area contributed by atoms with Crippen molar-refractivity contribution in [2.24, 2.45) is 0 Å². The van der Waals surface area contributed by atoms with Gasteiger partial charge in [0.05, 0.1) is 10.6 Å². The van der Waals surface area contributed by atoms with Gasteiger partial charge >= 0.3 is 0 Å². The number of carbonyl (C=O) groups excluding carboxylic acids is 1. The van der Waals surface area contributed by atoms with Gasteiger partial charge in [0.1, 0.15) is 11.6 Å². The summed E-state index contributed by atoms with van der Waals surface area (Å²) in [5.74, 6) is -2.17. The van der Waals surface area contributed by atoms with Gasteiger partial charge in [-0.2, -0.15) is 4.31 Å². The minimum absolute atomic E-state index is 0.128. The SMILES string of the molecule is CCN(Cc1ccc(C(=O)Nc2ccc(F)cc2F)cc1)S(=O)(=O)c1ccccc1. The van der Waals surface area contributed by atoms with Gasteiger partial charge in [-0.25, -0.2) is 17.2 Å². The number of hydrogen-bond donors (Lipinski definition) is 1. The van der Waals surface area contributed by atoms with E-state index in [1.807, 2.05) is 0 Å². The third-order valence-electron chi connectivity index (χ3n) is 4.49. The molecule has 8 heteroatoms. The summed E-state index contributed by atoms with van der Waals surface area (Å²) in [6.07, 6.45) is 0. The lowest BCUT2D eigenvalue weighted by Gasteiger charge is -2.20. The van der Waals surface area contributed by atoms with E-state index >= 15 is 0 Å². The van der Waals surface area contributed by atoms with Gasteiger partial charge in [0.2, 0.25) is 10.0 Å². The fourth-order valence-corrected chi connectivity index (χ4v) is 4.32. The Morgan fingerprint density at radius 2 is 1.63 bits per heavy atom. The van der Waals surface area contributed by atoms with Crippen molar-refractivity contribution in [3.8, 4) is 0 Å². The summed E-state index contributed by atoms with van der Waals surface area (Å²) in [6.45, 7) is 2.17. The quantitative estimate of drug-likeness (QED) is 0.603. The molecular formula is C22H20F2N2O3S. The van der Waals surface area contributed by atoms with E-state index in [1.54, 1.807) is 49.4 Å². The van der Waals surface area contributed by atoms with Crippen LogP contribution in [0.5, 0.6) is 0 Å².